The molecule has 100 valence electrons. The van der Waals surface area contributed by atoms with Crippen LogP contribution in [0.15, 0.2) is 22.6 Å². The highest BCUT2D eigenvalue weighted by Crippen LogP contribution is 2.27. The van der Waals surface area contributed by atoms with E-state index in [4.69, 9.17) is 14.9 Å². The van der Waals surface area contributed by atoms with E-state index in [0.29, 0.717) is 11.1 Å². The molecule has 0 fully saturated rings. The van der Waals surface area contributed by atoms with Crippen LogP contribution in [0.4, 0.5) is 10.3 Å². The van der Waals surface area contributed by atoms with E-state index in [-0.39, 0.29) is 29.9 Å². The summed E-state index contributed by atoms with van der Waals surface area (Å²) in [7, 11) is 0. The molecular weight excluding hydrogens is 251 g/mol. The molecule has 0 radical (unpaired) electrons. The third-order valence-electron chi connectivity index (χ3n) is 2.54. The monoisotopic (exact) mass is 264 g/mol. The van der Waals surface area contributed by atoms with Gasteiger partial charge in [-0.05, 0) is 37.6 Å². The van der Waals surface area contributed by atoms with Gasteiger partial charge in [0.15, 0.2) is 0 Å². The molecule has 0 bridgehead atoms. The van der Waals surface area contributed by atoms with Crippen LogP contribution < -0.4 is 5.73 Å². The van der Waals surface area contributed by atoms with Gasteiger partial charge in [0.2, 0.25) is 17.5 Å². The lowest BCUT2D eigenvalue weighted by atomic mass is 10.1. The number of carbonyl (C=O) groups excluding carboxylic acids is 1. The number of benzene rings is 1. The molecule has 2 N–H and O–H groups in total. The van der Waals surface area contributed by atoms with Crippen molar-refractivity contribution in [2.75, 3.05) is 12.3 Å². The maximum Gasteiger partial charge on any atom is 0.362 e. The molecule has 0 aliphatic heterocycles. The number of aromatic nitrogens is 1. The number of carbonyl (C=O) groups is 1. The van der Waals surface area contributed by atoms with Crippen LogP contribution in [0.3, 0.4) is 0 Å². The second kappa shape index (κ2) is 5.09. The Labute approximate surface area is 109 Å². The van der Waals surface area contributed by atoms with Gasteiger partial charge in [-0.15, -0.1) is 0 Å². The minimum absolute atomic E-state index is 0.0689. The van der Waals surface area contributed by atoms with E-state index in [1.54, 1.807) is 13.8 Å². The number of halogens is 1. The van der Waals surface area contributed by atoms with Gasteiger partial charge in [-0.3, -0.25) is 0 Å². The van der Waals surface area contributed by atoms with Crippen LogP contribution in [-0.4, -0.2) is 17.6 Å². The van der Waals surface area contributed by atoms with Crippen LogP contribution in [0.25, 0.3) is 11.5 Å². The molecule has 0 aliphatic carbocycles. The lowest BCUT2D eigenvalue weighted by Gasteiger charge is -2.00. The van der Waals surface area contributed by atoms with Crippen LogP contribution in [0.2, 0.25) is 0 Å². The van der Waals surface area contributed by atoms with Gasteiger partial charge in [0.25, 0.3) is 0 Å². The summed E-state index contributed by atoms with van der Waals surface area (Å²) >= 11 is 0. The van der Waals surface area contributed by atoms with E-state index in [1.165, 1.54) is 18.2 Å². The Morgan fingerprint density at radius 2 is 2.26 bits per heavy atom. The third-order valence-corrected chi connectivity index (χ3v) is 2.54. The standard InChI is InChI=1S/C13H13FN2O3/c1-3-18-13(17)10-11(15)19-12(16-10)9-5-4-8(14)6-7(9)2/h4-6H,3,15H2,1-2H3. The minimum Gasteiger partial charge on any atom is -0.461 e. The van der Waals surface area contributed by atoms with E-state index in [1.807, 2.05) is 0 Å². The number of nitrogens with two attached hydrogens (primary N) is 1. The van der Waals surface area contributed by atoms with E-state index in [2.05, 4.69) is 4.98 Å². The predicted molar refractivity (Wildman–Crippen MR) is 67.0 cm³/mol. The first-order chi connectivity index (χ1) is 9.02. The van der Waals surface area contributed by atoms with Crippen molar-refractivity contribution in [1.29, 1.82) is 0 Å². The van der Waals surface area contributed by atoms with E-state index in [9.17, 15) is 9.18 Å². The first kappa shape index (κ1) is 13.1. The van der Waals surface area contributed by atoms with E-state index >= 15 is 0 Å². The molecule has 0 aliphatic rings. The topological polar surface area (TPSA) is 78.3 Å². The maximum atomic E-state index is 13.0. The maximum absolute atomic E-state index is 13.0. The van der Waals surface area contributed by atoms with Crippen LogP contribution in [-0.2, 0) is 4.74 Å². The Morgan fingerprint density at radius 1 is 1.53 bits per heavy atom. The normalized spacial score (nSPS) is 10.5. The number of anilines is 1. The fourth-order valence-corrected chi connectivity index (χ4v) is 1.66. The number of nitrogens with zero attached hydrogens (tertiary/aromatic N) is 1. The molecule has 2 rings (SSSR count). The van der Waals surface area contributed by atoms with Gasteiger partial charge < -0.3 is 14.9 Å². The van der Waals surface area contributed by atoms with Crippen LogP contribution in [0.1, 0.15) is 23.0 Å². The molecule has 6 heteroatoms. The fraction of sp³-hybridized carbons (Fsp3) is 0.231. The van der Waals surface area contributed by atoms with Gasteiger partial charge in [0, 0.05) is 5.56 Å². The van der Waals surface area contributed by atoms with Gasteiger partial charge in [0.1, 0.15) is 5.82 Å². The highest BCUT2D eigenvalue weighted by Gasteiger charge is 2.20. The molecule has 0 saturated heterocycles. The van der Waals surface area contributed by atoms with Crippen LogP contribution >= 0.6 is 0 Å². The summed E-state index contributed by atoms with van der Waals surface area (Å²) in [5.74, 6) is -0.948. The lowest BCUT2D eigenvalue weighted by molar-refractivity contribution is 0.0521. The summed E-state index contributed by atoms with van der Waals surface area (Å²) < 4.78 is 23.1. The van der Waals surface area contributed by atoms with E-state index < -0.39 is 5.97 Å². The summed E-state index contributed by atoms with van der Waals surface area (Å²) in [6.45, 7) is 3.61. The molecule has 2 aromatic rings. The van der Waals surface area contributed by atoms with Crippen molar-refractivity contribution in [3.63, 3.8) is 0 Å². The average Bonchev–Trinajstić information content (AvgIpc) is 2.71. The van der Waals surface area contributed by atoms with Gasteiger partial charge in [0.05, 0.1) is 6.61 Å². The Bertz CT molecular complexity index is 622. The lowest BCUT2D eigenvalue weighted by Crippen LogP contribution is -2.07. The Balaban J connectivity index is 2.42. The van der Waals surface area contributed by atoms with Crippen molar-refractivity contribution < 1.29 is 18.3 Å². The second-order valence-electron chi connectivity index (χ2n) is 3.91. The zero-order valence-electron chi connectivity index (χ0n) is 10.6. The highest BCUT2D eigenvalue weighted by molar-refractivity contribution is 5.92. The smallest absolute Gasteiger partial charge is 0.362 e. The zero-order valence-corrected chi connectivity index (χ0v) is 10.6. The van der Waals surface area contributed by atoms with Gasteiger partial charge in [-0.25, -0.2) is 9.18 Å². The molecule has 0 spiro atoms. The van der Waals surface area contributed by atoms with Gasteiger partial charge >= 0.3 is 5.97 Å². The average molecular weight is 264 g/mol. The number of hydrogen-bond acceptors (Lipinski definition) is 5. The quantitative estimate of drug-likeness (QED) is 0.862. The number of esters is 1. The largest absolute Gasteiger partial charge is 0.461 e. The summed E-state index contributed by atoms with van der Waals surface area (Å²) in [5, 5.41) is 0. The zero-order chi connectivity index (χ0) is 14.0. The Morgan fingerprint density at radius 3 is 2.89 bits per heavy atom. The van der Waals surface area contributed by atoms with Crippen molar-refractivity contribution in [1.82, 2.24) is 4.98 Å². The molecule has 1 heterocycles. The van der Waals surface area contributed by atoms with Crippen molar-refractivity contribution >= 4 is 11.9 Å². The number of oxazole rings is 1. The number of nitrogen functional groups attached to an aromatic ring is 1. The summed E-state index contributed by atoms with van der Waals surface area (Å²) in [6, 6.07) is 4.15. The van der Waals surface area contributed by atoms with Gasteiger partial charge in [-0.1, -0.05) is 0 Å². The minimum atomic E-state index is -0.644. The molecule has 0 atom stereocenters. The molecule has 5 nitrogen and oxygen atoms in total. The summed E-state index contributed by atoms with van der Waals surface area (Å²) in [4.78, 5) is 15.6. The first-order valence-corrected chi connectivity index (χ1v) is 5.73. The van der Waals surface area contributed by atoms with Crippen molar-refractivity contribution in [2.24, 2.45) is 0 Å². The summed E-state index contributed by atoms with van der Waals surface area (Å²) in [6.07, 6.45) is 0. The highest BCUT2D eigenvalue weighted by atomic mass is 19.1. The SMILES string of the molecule is CCOC(=O)c1nc(-c2ccc(F)cc2C)oc1N. The second-order valence-corrected chi connectivity index (χ2v) is 3.91. The fourth-order valence-electron chi connectivity index (χ4n) is 1.66. The number of aryl methyl sites for hydroxylation is 1. The molecular formula is C13H13FN2O3. The van der Waals surface area contributed by atoms with Crippen LogP contribution in [0, 0.1) is 12.7 Å². The number of rotatable bonds is 3. The molecule has 19 heavy (non-hydrogen) atoms. The van der Waals surface area contributed by atoms with Crippen molar-refractivity contribution in [2.45, 2.75) is 13.8 Å². The first-order valence-electron chi connectivity index (χ1n) is 5.73. The van der Waals surface area contributed by atoms with Crippen molar-refractivity contribution in [3.8, 4) is 11.5 Å². The molecule has 0 unspecified atom stereocenters. The van der Waals surface area contributed by atoms with E-state index in [0.717, 1.165) is 0 Å². The number of ether oxygens (including phenoxy) is 1. The van der Waals surface area contributed by atoms with Crippen molar-refractivity contribution in [3.05, 3.63) is 35.3 Å². The molecule has 1 aromatic heterocycles. The third kappa shape index (κ3) is 2.57. The summed E-state index contributed by atoms with van der Waals surface area (Å²) in [5.41, 5.74) is 6.73. The van der Waals surface area contributed by atoms with Gasteiger partial charge in [-0.2, -0.15) is 4.98 Å². The predicted octanol–water partition coefficient (Wildman–Crippen LogP) is 2.55. The molecule has 0 amide bonds. The number of hydrogen-bond donors (Lipinski definition) is 1. The molecule has 1 aromatic carbocycles. The Kier molecular flexibility index (Phi) is 3.50. The van der Waals surface area contributed by atoms with Crippen LogP contribution in [0.5, 0.6) is 0 Å². The molecule has 0 saturated carbocycles. The Hall–Kier alpha value is -2.37.